The zero-order chi connectivity index (χ0) is 19.7. The van der Waals surface area contributed by atoms with Crippen molar-refractivity contribution >= 4 is 23.3 Å². The summed E-state index contributed by atoms with van der Waals surface area (Å²) in [5.74, 6) is 2.38. The van der Waals surface area contributed by atoms with E-state index in [1.54, 1.807) is 0 Å². The fraction of sp³-hybridized carbons (Fsp3) is 0.500. The number of nitrogens with zero attached hydrogens (tertiary/aromatic N) is 4. The number of hydrogen-bond donors (Lipinski definition) is 0. The van der Waals surface area contributed by atoms with Gasteiger partial charge in [-0.15, -0.1) is 0 Å². The number of aryl methyl sites for hydroxylation is 2. The predicted octanol–water partition coefficient (Wildman–Crippen LogP) is 3.79. The molecule has 0 atom stereocenters. The first-order valence-electron chi connectivity index (χ1n) is 10.1. The molecule has 0 N–H and O–H groups in total. The highest BCUT2D eigenvalue weighted by molar-refractivity contribution is 6.31. The Morgan fingerprint density at radius 1 is 1.11 bits per heavy atom. The number of rotatable bonds is 4. The lowest BCUT2D eigenvalue weighted by atomic mass is 9.84. The first kappa shape index (κ1) is 19.2. The molecule has 6 heteroatoms. The van der Waals surface area contributed by atoms with Crippen LogP contribution in [0.3, 0.4) is 0 Å². The average molecular weight is 399 g/mol. The molecule has 0 radical (unpaired) electrons. The maximum atomic E-state index is 12.5. The minimum Gasteiger partial charge on any atom is -0.353 e. The van der Waals surface area contributed by atoms with E-state index in [0.717, 1.165) is 72.5 Å². The van der Waals surface area contributed by atoms with E-state index in [4.69, 9.17) is 16.6 Å². The highest BCUT2D eigenvalue weighted by atomic mass is 35.5. The van der Waals surface area contributed by atoms with Crippen LogP contribution in [0.15, 0.2) is 24.3 Å². The van der Waals surface area contributed by atoms with Crippen molar-refractivity contribution in [3.8, 4) is 0 Å². The van der Waals surface area contributed by atoms with Crippen LogP contribution in [0.4, 0.5) is 5.82 Å². The van der Waals surface area contributed by atoms with Crippen LogP contribution in [-0.2, 0) is 11.2 Å². The van der Waals surface area contributed by atoms with Gasteiger partial charge in [-0.2, -0.15) is 0 Å². The first-order valence-corrected chi connectivity index (χ1v) is 10.5. The quantitative estimate of drug-likeness (QED) is 0.786. The lowest BCUT2D eigenvalue weighted by Gasteiger charge is -2.39. The molecule has 1 saturated heterocycles. The number of halogens is 1. The summed E-state index contributed by atoms with van der Waals surface area (Å²) >= 11 is 6.40. The Labute approximate surface area is 171 Å². The van der Waals surface area contributed by atoms with E-state index in [1.807, 2.05) is 36.9 Å². The maximum Gasteiger partial charge on any atom is 0.225 e. The number of amides is 1. The fourth-order valence-electron chi connectivity index (χ4n) is 4.07. The lowest BCUT2D eigenvalue weighted by Crippen LogP contribution is -2.51. The smallest absolute Gasteiger partial charge is 0.225 e. The fourth-order valence-corrected chi connectivity index (χ4v) is 4.27. The van der Waals surface area contributed by atoms with Crippen LogP contribution in [0.25, 0.3) is 0 Å². The zero-order valence-electron chi connectivity index (χ0n) is 16.6. The first-order chi connectivity index (χ1) is 13.5. The van der Waals surface area contributed by atoms with E-state index in [2.05, 4.69) is 16.0 Å². The van der Waals surface area contributed by atoms with Crippen molar-refractivity contribution in [2.24, 2.45) is 5.92 Å². The lowest BCUT2D eigenvalue weighted by molar-refractivity contribution is -0.138. The van der Waals surface area contributed by atoms with Crippen LogP contribution in [0.5, 0.6) is 0 Å². The molecule has 0 unspecified atom stereocenters. The van der Waals surface area contributed by atoms with Gasteiger partial charge in [0.25, 0.3) is 0 Å². The Bertz CT molecular complexity index is 873. The minimum absolute atomic E-state index is 0.269. The van der Waals surface area contributed by atoms with E-state index in [-0.39, 0.29) is 5.92 Å². The number of hydrogen-bond acceptors (Lipinski definition) is 4. The van der Waals surface area contributed by atoms with E-state index >= 15 is 0 Å². The van der Waals surface area contributed by atoms with E-state index < -0.39 is 0 Å². The molecule has 2 fully saturated rings. The highest BCUT2D eigenvalue weighted by Crippen LogP contribution is 2.30. The van der Waals surface area contributed by atoms with Gasteiger partial charge in [-0.3, -0.25) is 4.79 Å². The number of aromatic nitrogens is 2. The Morgan fingerprint density at radius 3 is 2.46 bits per heavy atom. The number of piperazine rings is 1. The zero-order valence-corrected chi connectivity index (χ0v) is 17.4. The SMILES string of the molecule is Cc1nc(C)c(Cc2ccccc2Cl)c(N2CCN(C(=O)C3CCC3)CC2)n1. The molecule has 0 spiro atoms. The van der Waals surface area contributed by atoms with Crippen LogP contribution >= 0.6 is 11.6 Å². The molecule has 1 aromatic carbocycles. The van der Waals surface area contributed by atoms with Gasteiger partial charge in [0.1, 0.15) is 11.6 Å². The summed E-state index contributed by atoms with van der Waals surface area (Å²) in [4.78, 5) is 26.3. The van der Waals surface area contributed by atoms with Gasteiger partial charge < -0.3 is 9.80 Å². The van der Waals surface area contributed by atoms with Crippen molar-refractivity contribution in [1.82, 2.24) is 14.9 Å². The van der Waals surface area contributed by atoms with Crippen LogP contribution in [0, 0.1) is 19.8 Å². The third-order valence-corrected chi connectivity index (χ3v) is 6.34. The van der Waals surface area contributed by atoms with Gasteiger partial charge in [-0.1, -0.05) is 36.2 Å². The number of anilines is 1. The molecule has 5 nitrogen and oxygen atoms in total. The topological polar surface area (TPSA) is 49.3 Å². The summed E-state index contributed by atoms with van der Waals surface area (Å²) in [5.41, 5.74) is 3.20. The van der Waals surface area contributed by atoms with E-state index in [9.17, 15) is 4.79 Å². The largest absolute Gasteiger partial charge is 0.353 e. The molecule has 1 saturated carbocycles. The normalized spacial score (nSPS) is 17.5. The third-order valence-electron chi connectivity index (χ3n) is 5.97. The van der Waals surface area contributed by atoms with Crippen LogP contribution in [0.1, 0.15) is 41.9 Å². The molecule has 2 heterocycles. The summed E-state index contributed by atoms with van der Waals surface area (Å²) in [6.45, 7) is 7.13. The number of carbonyl (C=O) groups excluding carboxylic acids is 1. The van der Waals surface area contributed by atoms with Crippen molar-refractivity contribution in [3.05, 3.63) is 51.9 Å². The second kappa shape index (κ2) is 8.08. The summed E-state index contributed by atoms with van der Waals surface area (Å²) < 4.78 is 0. The standard InChI is InChI=1S/C22H27ClN4O/c1-15-19(14-18-6-3-4-9-20(18)23)21(25-16(2)24-15)26-10-12-27(13-11-26)22(28)17-7-5-8-17/h3-4,6,9,17H,5,7-8,10-14H2,1-2H3. The minimum atomic E-state index is 0.269. The molecule has 0 bridgehead atoms. The number of carbonyl (C=O) groups is 1. The summed E-state index contributed by atoms with van der Waals surface area (Å²) in [5, 5.41) is 0.768. The van der Waals surface area contributed by atoms with Gasteiger partial charge in [0.05, 0.1) is 0 Å². The van der Waals surface area contributed by atoms with Gasteiger partial charge in [0.2, 0.25) is 5.91 Å². The Hall–Kier alpha value is -2.14. The summed E-state index contributed by atoms with van der Waals surface area (Å²) in [7, 11) is 0. The third kappa shape index (κ3) is 3.86. The molecule has 4 rings (SSSR count). The van der Waals surface area contributed by atoms with Crippen molar-refractivity contribution in [2.45, 2.75) is 39.5 Å². The van der Waals surface area contributed by atoms with Gasteiger partial charge >= 0.3 is 0 Å². The van der Waals surface area contributed by atoms with Gasteiger partial charge in [0.15, 0.2) is 0 Å². The second-order valence-corrected chi connectivity index (χ2v) is 8.27. The Morgan fingerprint density at radius 2 is 1.82 bits per heavy atom. The van der Waals surface area contributed by atoms with Gasteiger partial charge in [-0.05, 0) is 38.3 Å². The van der Waals surface area contributed by atoms with Crippen molar-refractivity contribution in [2.75, 3.05) is 31.1 Å². The average Bonchev–Trinajstić information content (AvgIpc) is 2.64. The highest BCUT2D eigenvalue weighted by Gasteiger charge is 2.32. The van der Waals surface area contributed by atoms with Gasteiger partial charge in [-0.25, -0.2) is 9.97 Å². The Kier molecular flexibility index (Phi) is 5.54. The monoisotopic (exact) mass is 398 g/mol. The molecule has 28 heavy (non-hydrogen) atoms. The van der Waals surface area contributed by atoms with Crippen molar-refractivity contribution in [3.63, 3.8) is 0 Å². The van der Waals surface area contributed by atoms with E-state index in [0.29, 0.717) is 12.3 Å². The predicted molar refractivity (Wildman–Crippen MR) is 112 cm³/mol. The molecule has 1 aliphatic carbocycles. The molecule has 2 aliphatic rings. The van der Waals surface area contributed by atoms with Crippen molar-refractivity contribution < 1.29 is 4.79 Å². The maximum absolute atomic E-state index is 12.5. The molecule has 148 valence electrons. The second-order valence-electron chi connectivity index (χ2n) is 7.87. The summed E-state index contributed by atoms with van der Waals surface area (Å²) in [6, 6.07) is 7.94. The summed E-state index contributed by atoms with van der Waals surface area (Å²) in [6.07, 6.45) is 4.03. The van der Waals surface area contributed by atoms with Crippen LogP contribution in [0.2, 0.25) is 5.02 Å². The molecule has 1 amide bonds. The molecule has 2 aromatic rings. The molecular weight excluding hydrogens is 372 g/mol. The van der Waals surface area contributed by atoms with Gasteiger partial charge in [0, 0.05) is 54.8 Å². The van der Waals surface area contributed by atoms with Crippen molar-refractivity contribution in [1.29, 1.82) is 0 Å². The molecule has 1 aliphatic heterocycles. The number of benzene rings is 1. The molecular formula is C22H27ClN4O. The molecule has 1 aromatic heterocycles. The van der Waals surface area contributed by atoms with Crippen LogP contribution in [-0.4, -0.2) is 47.0 Å². The Balaban J connectivity index is 1.54. The van der Waals surface area contributed by atoms with E-state index in [1.165, 1.54) is 6.42 Å². The van der Waals surface area contributed by atoms with Crippen LogP contribution < -0.4 is 4.90 Å².